The molecular weight excluding hydrogens is 366 g/mol. The van der Waals surface area contributed by atoms with Gasteiger partial charge in [-0.15, -0.1) is 0 Å². The van der Waals surface area contributed by atoms with Crippen molar-refractivity contribution in [1.82, 2.24) is 14.5 Å². The van der Waals surface area contributed by atoms with E-state index >= 15 is 0 Å². The predicted octanol–water partition coefficient (Wildman–Crippen LogP) is 2.86. The average molecular weight is 387 g/mol. The molecule has 146 valence electrons. The van der Waals surface area contributed by atoms with Crippen molar-refractivity contribution in [2.24, 2.45) is 0 Å². The van der Waals surface area contributed by atoms with Gasteiger partial charge in [0.1, 0.15) is 0 Å². The van der Waals surface area contributed by atoms with E-state index in [-0.39, 0.29) is 18.2 Å². The van der Waals surface area contributed by atoms with Crippen molar-refractivity contribution >= 4 is 21.7 Å². The Morgan fingerprint density at radius 1 is 1.14 bits per heavy atom. The van der Waals surface area contributed by atoms with E-state index in [0.29, 0.717) is 30.4 Å². The van der Waals surface area contributed by atoms with Gasteiger partial charge < -0.3 is 9.84 Å². The molecule has 29 heavy (non-hydrogen) atoms. The Bertz CT molecular complexity index is 1240. The summed E-state index contributed by atoms with van der Waals surface area (Å²) in [6.45, 7) is 0.759. The Hall–Kier alpha value is -3.09. The number of aromatic nitrogens is 3. The van der Waals surface area contributed by atoms with Gasteiger partial charge in [-0.05, 0) is 41.5 Å². The first-order valence-corrected chi connectivity index (χ1v) is 9.78. The Kier molecular flexibility index (Phi) is 4.58. The third-order valence-corrected chi connectivity index (χ3v) is 5.64. The fourth-order valence-electron chi connectivity index (χ4n) is 4.19. The molecule has 2 unspecified atom stereocenters. The van der Waals surface area contributed by atoms with Crippen LogP contribution in [0.1, 0.15) is 23.6 Å². The van der Waals surface area contributed by atoms with Crippen molar-refractivity contribution in [3.8, 4) is 0 Å². The highest BCUT2D eigenvalue weighted by molar-refractivity contribution is 6.06. The van der Waals surface area contributed by atoms with Crippen LogP contribution in [0.25, 0.3) is 21.7 Å². The van der Waals surface area contributed by atoms with E-state index < -0.39 is 6.10 Å². The molecule has 6 heteroatoms. The number of ether oxygens (including phenoxy) is 1. The molecule has 0 radical (unpaired) electrons. The van der Waals surface area contributed by atoms with E-state index in [1.165, 1.54) is 0 Å². The van der Waals surface area contributed by atoms with E-state index in [2.05, 4.69) is 16.0 Å². The number of pyridine rings is 1. The van der Waals surface area contributed by atoms with Gasteiger partial charge in [-0.3, -0.25) is 14.3 Å². The third-order valence-electron chi connectivity index (χ3n) is 5.64. The summed E-state index contributed by atoms with van der Waals surface area (Å²) in [4.78, 5) is 22.2. The number of nitrogens with zero attached hydrogens (tertiary/aromatic N) is 3. The fraction of sp³-hybridized carbons (Fsp3) is 0.261. The summed E-state index contributed by atoms with van der Waals surface area (Å²) >= 11 is 0. The summed E-state index contributed by atoms with van der Waals surface area (Å²) in [5.74, 6) is 0. The molecule has 4 aromatic rings. The van der Waals surface area contributed by atoms with Gasteiger partial charge in [-0.1, -0.05) is 30.3 Å². The molecule has 0 amide bonds. The quantitative estimate of drug-likeness (QED) is 0.547. The maximum Gasteiger partial charge on any atom is 0.261 e. The highest BCUT2D eigenvalue weighted by atomic mass is 16.5. The molecule has 6 nitrogen and oxygen atoms in total. The highest BCUT2D eigenvalue weighted by Crippen LogP contribution is 2.28. The van der Waals surface area contributed by atoms with Crippen LogP contribution < -0.4 is 5.56 Å². The number of benzene rings is 2. The number of fused-ring (bicyclic) bond motifs is 3. The zero-order valence-corrected chi connectivity index (χ0v) is 15.9. The second-order valence-electron chi connectivity index (χ2n) is 7.47. The molecule has 0 saturated carbocycles. The number of aliphatic hydroxyl groups is 1. The van der Waals surface area contributed by atoms with Gasteiger partial charge in [0.15, 0.2) is 0 Å². The van der Waals surface area contributed by atoms with E-state index in [9.17, 15) is 9.90 Å². The lowest BCUT2D eigenvalue weighted by atomic mass is 9.96. The van der Waals surface area contributed by atoms with Gasteiger partial charge in [-0.25, -0.2) is 4.98 Å². The molecule has 1 aliphatic heterocycles. The fourth-order valence-corrected chi connectivity index (χ4v) is 4.19. The molecule has 0 spiro atoms. The van der Waals surface area contributed by atoms with Crippen LogP contribution in [0.4, 0.5) is 0 Å². The van der Waals surface area contributed by atoms with Gasteiger partial charge >= 0.3 is 0 Å². The average Bonchev–Trinajstić information content (AvgIpc) is 2.76. The van der Waals surface area contributed by atoms with Crippen LogP contribution in [0.2, 0.25) is 0 Å². The largest absolute Gasteiger partial charge is 0.389 e. The summed E-state index contributed by atoms with van der Waals surface area (Å²) in [5.41, 5.74) is 2.71. The van der Waals surface area contributed by atoms with Crippen molar-refractivity contribution in [1.29, 1.82) is 0 Å². The van der Waals surface area contributed by atoms with Crippen molar-refractivity contribution in [3.63, 3.8) is 0 Å². The first kappa shape index (κ1) is 18.0. The minimum atomic E-state index is -0.712. The Labute approximate surface area is 167 Å². The lowest BCUT2D eigenvalue weighted by Crippen LogP contribution is -2.39. The maximum absolute atomic E-state index is 13.4. The van der Waals surface area contributed by atoms with Crippen molar-refractivity contribution < 1.29 is 9.84 Å². The smallest absolute Gasteiger partial charge is 0.261 e. The molecule has 1 saturated heterocycles. The molecule has 3 heterocycles. The number of hydrogen-bond donors (Lipinski definition) is 1. The van der Waals surface area contributed by atoms with Crippen molar-refractivity contribution in [2.75, 3.05) is 13.2 Å². The molecule has 0 aliphatic carbocycles. The molecule has 1 aliphatic rings. The van der Waals surface area contributed by atoms with E-state index in [0.717, 1.165) is 21.9 Å². The van der Waals surface area contributed by atoms with Gasteiger partial charge in [0.05, 0.1) is 36.0 Å². The van der Waals surface area contributed by atoms with Crippen LogP contribution in [0, 0.1) is 0 Å². The van der Waals surface area contributed by atoms with Crippen LogP contribution >= 0.6 is 0 Å². The van der Waals surface area contributed by atoms with Crippen LogP contribution in [0.5, 0.6) is 0 Å². The number of hydrogen-bond acceptors (Lipinski definition) is 5. The van der Waals surface area contributed by atoms with Gasteiger partial charge in [0, 0.05) is 24.4 Å². The number of aliphatic hydroxyl groups excluding tert-OH is 1. The minimum Gasteiger partial charge on any atom is -0.389 e. The Balaban J connectivity index is 1.72. The Morgan fingerprint density at radius 2 is 2.00 bits per heavy atom. The topological polar surface area (TPSA) is 77.2 Å². The summed E-state index contributed by atoms with van der Waals surface area (Å²) in [5, 5.41) is 12.9. The first-order valence-electron chi connectivity index (χ1n) is 9.78. The van der Waals surface area contributed by atoms with Crippen LogP contribution in [-0.4, -0.2) is 39.0 Å². The van der Waals surface area contributed by atoms with Gasteiger partial charge in [0.25, 0.3) is 5.56 Å². The molecule has 5 rings (SSSR count). The molecule has 2 aromatic heterocycles. The van der Waals surface area contributed by atoms with Crippen molar-refractivity contribution in [3.05, 3.63) is 82.7 Å². The third kappa shape index (κ3) is 3.20. The maximum atomic E-state index is 13.4. The summed E-state index contributed by atoms with van der Waals surface area (Å²) in [7, 11) is 0. The first-order chi connectivity index (χ1) is 14.2. The zero-order valence-electron chi connectivity index (χ0n) is 15.9. The molecule has 1 N–H and O–H groups in total. The summed E-state index contributed by atoms with van der Waals surface area (Å²) in [6, 6.07) is 13.6. The zero-order chi connectivity index (χ0) is 19.8. The second kappa shape index (κ2) is 7.39. The summed E-state index contributed by atoms with van der Waals surface area (Å²) in [6.07, 6.45) is 5.72. The molecule has 2 aromatic carbocycles. The highest BCUT2D eigenvalue weighted by Gasteiger charge is 2.27. The molecule has 0 bridgehead atoms. The lowest BCUT2D eigenvalue weighted by Gasteiger charge is -2.29. The lowest BCUT2D eigenvalue weighted by molar-refractivity contribution is -0.0395. The van der Waals surface area contributed by atoms with E-state index in [1.54, 1.807) is 17.1 Å². The molecule has 1 fully saturated rings. The molecular formula is C23H21N3O3. The van der Waals surface area contributed by atoms with E-state index in [1.807, 2.05) is 42.6 Å². The van der Waals surface area contributed by atoms with Crippen molar-refractivity contribution in [2.45, 2.75) is 25.0 Å². The van der Waals surface area contributed by atoms with Gasteiger partial charge in [-0.2, -0.15) is 0 Å². The molecule has 2 atom stereocenters. The van der Waals surface area contributed by atoms with Gasteiger partial charge in [0.2, 0.25) is 0 Å². The second-order valence-corrected chi connectivity index (χ2v) is 7.47. The minimum absolute atomic E-state index is 0.126. The van der Waals surface area contributed by atoms with E-state index in [4.69, 9.17) is 4.74 Å². The van der Waals surface area contributed by atoms with Crippen LogP contribution in [0.3, 0.4) is 0 Å². The van der Waals surface area contributed by atoms with Crippen LogP contribution in [-0.2, 0) is 11.2 Å². The normalized spacial score (nSPS) is 19.6. The van der Waals surface area contributed by atoms with Crippen LogP contribution in [0.15, 0.2) is 66.0 Å². The summed E-state index contributed by atoms with van der Waals surface area (Å²) < 4.78 is 6.88. The number of rotatable bonds is 3. The SMILES string of the molecule is O=c1c2cc(Cc3cccnc3)c3ccccc3c2ncn1C1CCOCC1O. The standard InChI is InChI=1S/C23H21N3O3/c27-21-13-29-9-7-20(21)26-14-25-22-18-6-2-1-5-17(18)16(11-19(22)23(26)28)10-15-4-3-8-24-12-15/h1-6,8,11-12,14,20-21,27H,7,9-10,13H2. The Morgan fingerprint density at radius 3 is 2.79 bits per heavy atom. The predicted molar refractivity (Wildman–Crippen MR) is 111 cm³/mol. The monoisotopic (exact) mass is 387 g/mol.